The molecule has 0 N–H and O–H groups in total. The van der Waals surface area contributed by atoms with E-state index < -0.39 is 5.97 Å². The Morgan fingerprint density at radius 2 is 2.00 bits per heavy atom. The Morgan fingerprint density at radius 3 is 2.67 bits per heavy atom. The second-order valence-electron chi connectivity index (χ2n) is 4.74. The Balaban J connectivity index is 1.91. The van der Waals surface area contributed by atoms with E-state index in [0.717, 1.165) is 5.56 Å². The van der Waals surface area contributed by atoms with Crippen molar-refractivity contribution in [1.82, 2.24) is 0 Å². The van der Waals surface area contributed by atoms with Crippen molar-refractivity contribution < 1.29 is 18.7 Å². The van der Waals surface area contributed by atoms with E-state index in [4.69, 9.17) is 27.5 Å². The maximum atomic E-state index is 13.0. The molecule has 2 aromatic rings. The van der Waals surface area contributed by atoms with Gasteiger partial charge in [0.2, 0.25) is 0 Å². The minimum atomic E-state index is -0.501. The molecular formula is C19H14ClFO3. The quantitative estimate of drug-likeness (QED) is 0.446. The Kier molecular flexibility index (Phi) is 6.41. The van der Waals surface area contributed by atoms with Gasteiger partial charge < -0.3 is 9.47 Å². The lowest BCUT2D eigenvalue weighted by molar-refractivity contribution is -0.136. The standard InChI is InChI=1S/C19H14ClFO3/c1-2-11-23-19(22)10-5-14-3-8-17(9-4-14)24-13-15-6-7-16(21)12-18(15)20/h1,3-10,12H,11,13H2/b10-5+. The highest BCUT2D eigenvalue weighted by Crippen LogP contribution is 2.20. The molecule has 0 aromatic heterocycles. The van der Waals surface area contributed by atoms with E-state index in [1.165, 1.54) is 18.2 Å². The molecule has 122 valence electrons. The zero-order chi connectivity index (χ0) is 17.4. The molecule has 5 heteroatoms. The van der Waals surface area contributed by atoms with Crippen LogP contribution in [-0.4, -0.2) is 12.6 Å². The topological polar surface area (TPSA) is 35.5 Å². The Bertz CT molecular complexity index is 776. The molecule has 0 atom stereocenters. The van der Waals surface area contributed by atoms with Gasteiger partial charge in [0.1, 0.15) is 18.2 Å². The minimum Gasteiger partial charge on any atom is -0.489 e. The number of carbonyl (C=O) groups is 1. The predicted octanol–water partition coefficient (Wildman–Crippen LogP) is 4.25. The van der Waals surface area contributed by atoms with Gasteiger partial charge in [0.15, 0.2) is 6.61 Å². The van der Waals surface area contributed by atoms with Gasteiger partial charge in [-0.25, -0.2) is 9.18 Å². The Labute approximate surface area is 144 Å². The molecule has 0 fully saturated rings. The van der Waals surface area contributed by atoms with Crippen LogP contribution in [0.1, 0.15) is 11.1 Å². The minimum absolute atomic E-state index is 0.0537. The van der Waals surface area contributed by atoms with Crippen LogP contribution in [0.4, 0.5) is 4.39 Å². The number of hydrogen-bond donors (Lipinski definition) is 0. The van der Waals surface area contributed by atoms with Crippen molar-refractivity contribution in [2.75, 3.05) is 6.61 Å². The summed E-state index contributed by atoms with van der Waals surface area (Å²) in [5.74, 6) is 1.95. The van der Waals surface area contributed by atoms with Crippen molar-refractivity contribution >= 4 is 23.6 Å². The van der Waals surface area contributed by atoms with Gasteiger partial charge in [0.05, 0.1) is 5.02 Å². The Morgan fingerprint density at radius 1 is 1.25 bits per heavy atom. The average Bonchev–Trinajstić information content (AvgIpc) is 2.58. The van der Waals surface area contributed by atoms with Gasteiger partial charge in [0.25, 0.3) is 0 Å². The van der Waals surface area contributed by atoms with Gasteiger partial charge >= 0.3 is 5.97 Å². The van der Waals surface area contributed by atoms with Crippen molar-refractivity contribution in [3.63, 3.8) is 0 Å². The van der Waals surface area contributed by atoms with E-state index in [2.05, 4.69) is 5.92 Å². The summed E-state index contributed by atoms with van der Waals surface area (Å²) < 4.78 is 23.3. The number of esters is 1. The number of halogens is 2. The SMILES string of the molecule is C#CCOC(=O)/C=C/c1ccc(OCc2ccc(F)cc2Cl)cc1. The third-order valence-corrected chi connectivity index (χ3v) is 3.35. The van der Waals surface area contributed by atoms with Crippen LogP contribution in [-0.2, 0) is 16.1 Å². The smallest absolute Gasteiger partial charge is 0.331 e. The maximum Gasteiger partial charge on any atom is 0.331 e. The van der Waals surface area contributed by atoms with E-state index in [1.807, 2.05) is 0 Å². The molecule has 0 spiro atoms. The molecule has 0 bridgehead atoms. The van der Waals surface area contributed by atoms with E-state index >= 15 is 0 Å². The van der Waals surface area contributed by atoms with Crippen LogP contribution >= 0.6 is 11.6 Å². The highest BCUT2D eigenvalue weighted by molar-refractivity contribution is 6.31. The van der Waals surface area contributed by atoms with Crippen LogP contribution in [0, 0.1) is 18.2 Å². The zero-order valence-corrected chi connectivity index (χ0v) is 13.4. The summed E-state index contributed by atoms with van der Waals surface area (Å²) in [4.78, 5) is 11.3. The highest BCUT2D eigenvalue weighted by atomic mass is 35.5. The first kappa shape index (κ1) is 17.6. The molecule has 0 amide bonds. The number of carbonyl (C=O) groups excluding carboxylic acids is 1. The Hall–Kier alpha value is -2.77. The molecule has 24 heavy (non-hydrogen) atoms. The average molecular weight is 345 g/mol. The molecule has 0 aliphatic heterocycles. The summed E-state index contributed by atoms with van der Waals surface area (Å²) in [6.45, 7) is 0.175. The normalized spacial score (nSPS) is 10.4. The first-order valence-corrected chi connectivity index (χ1v) is 7.41. The number of terminal acetylenes is 1. The molecular weight excluding hydrogens is 331 g/mol. The summed E-state index contributed by atoms with van der Waals surface area (Å²) in [6.07, 6.45) is 7.90. The molecule has 0 saturated heterocycles. The largest absolute Gasteiger partial charge is 0.489 e. The highest BCUT2D eigenvalue weighted by Gasteiger charge is 2.03. The van der Waals surface area contributed by atoms with E-state index in [9.17, 15) is 9.18 Å². The van der Waals surface area contributed by atoms with Crippen LogP contribution in [0.5, 0.6) is 5.75 Å². The fourth-order valence-electron chi connectivity index (χ4n) is 1.80. The number of ether oxygens (including phenoxy) is 2. The zero-order valence-electron chi connectivity index (χ0n) is 12.7. The van der Waals surface area contributed by atoms with Gasteiger partial charge in [0, 0.05) is 11.6 Å². The van der Waals surface area contributed by atoms with E-state index in [0.29, 0.717) is 16.3 Å². The molecule has 0 saturated carbocycles. The predicted molar refractivity (Wildman–Crippen MR) is 91.0 cm³/mol. The van der Waals surface area contributed by atoms with Gasteiger partial charge in [-0.1, -0.05) is 35.7 Å². The second-order valence-corrected chi connectivity index (χ2v) is 5.15. The van der Waals surface area contributed by atoms with Crippen molar-refractivity contribution in [2.45, 2.75) is 6.61 Å². The summed E-state index contributed by atoms with van der Waals surface area (Å²) in [5, 5.41) is 0.319. The maximum absolute atomic E-state index is 13.0. The van der Waals surface area contributed by atoms with Gasteiger partial charge in [-0.05, 0) is 35.9 Å². The lowest BCUT2D eigenvalue weighted by Gasteiger charge is -2.08. The fraction of sp³-hybridized carbons (Fsp3) is 0.105. The summed E-state index contributed by atoms with van der Waals surface area (Å²) in [7, 11) is 0. The molecule has 0 heterocycles. The monoisotopic (exact) mass is 344 g/mol. The molecule has 0 unspecified atom stereocenters. The van der Waals surface area contributed by atoms with Gasteiger partial charge in [-0.3, -0.25) is 0 Å². The van der Waals surface area contributed by atoms with Crippen LogP contribution in [0.2, 0.25) is 5.02 Å². The lowest BCUT2D eigenvalue weighted by Crippen LogP contribution is -1.99. The molecule has 0 aliphatic carbocycles. The number of hydrogen-bond acceptors (Lipinski definition) is 3. The molecule has 3 nitrogen and oxygen atoms in total. The lowest BCUT2D eigenvalue weighted by atomic mass is 10.2. The molecule has 0 aliphatic rings. The number of rotatable bonds is 6. The van der Waals surface area contributed by atoms with Crippen molar-refractivity contribution in [1.29, 1.82) is 0 Å². The fourth-order valence-corrected chi connectivity index (χ4v) is 2.02. The van der Waals surface area contributed by atoms with Gasteiger partial charge in [-0.15, -0.1) is 6.42 Å². The first-order chi connectivity index (χ1) is 11.6. The summed E-state index contributed by atoms with van der Waals surface area (Å²) >= 11 is 5.94. The van der Waals surface area contributed by atoms with Crippen LogP contribution in [0.15, 0.2) is 48.5 Å². The van der Waals surface area contributed by atoms with Crippen LogP contribution in [0.25, 0.3) is 6.08 Å². The third-order valence-electron chi connectivity index (χ3n) is 3.00. The van der Waals surface area contributed by atoms with Crippen molar-refractivity contribution in [3.05, 3.63) is 70.5 Å². The third kappa shape index (κ3) is 5.45. The molecule has 2 rings (SSSR count). The summed E-state index contributed by atoms with van der Waals surface area (Å²) in [5.41, 5.74) is 1.50. The van der Waals surface area contributed by atoms with Crippen molar-refractivity contribution in [3.8, 4) is 18.1 Å². The van der Waals surface area contributed by atoms with E-state index in [1.54, 1.807) is 36.4 Å². The number of benzene rings is 2. The molecule has 2 aromatic carbocycles. The van der Waals surface area contributed by atoms with Crippen LogP contribution < -0.4 is 4.74 Å². The van der Waals surface area contributed by atoms with Crippen molar-refractivity contribution in [2.24, 2.45) is 0 Å². The summed E-state index contributed by atoms with van der Waals surface area (Å²) in [6, 6.07) is 11.2. The van der Waals surface area contributed by atoms with E-state index in [-0.39, 0.29) is 19.0 Å². The molecule has 0 radical (unpaired) electrons. The van der Waals surface area contributed by atoms with Crippen LogP contribution in [0.3, 0.4) is 0 Å². The first-order valence-electron chi connectivity index (χ1n) is 7.03. The van der Waals surface area contributed by atoms with Gasteiger partial charge in [-0.2, -0.15) is 0 Å². The second kappa shape index (κ2) is 8.76.